The first-order chi connectivity index (χ1) is 9.22. The van der Waals surface area contributed by atoms with Gasteiger partial charge in [-0.2, -0.15) is 0 Å². The SMILES string of the molecule is Cc1ccc(NCc2nnc3cc(C)ccn23)cc1. The molecule has 96 valence electrons. The maximum atomic E-state index is 4.22. The molecular weight excluding hydrogens is 236 g/mol. The normalized spacial score (nSPS) is 10.8. The van der Waals surface area contributed by atoms with Crippen molar-refractivity contribution in [3.8, 4) is 0 Å². The van der Waals surface area contributed by atoms with Crippen LogP contribution in [0.4, 0.5) is 5.69 Å². The molecule has 0 radical (unpaired) electrons. The summed E-state index contributed by atoms with van der Waals surface area (Å²) in [5, 5.41) is 11.8. The summed E-state index contributed by atoms with van der Waals surface area (Å²) in [5.74, 6) is 0.913. The number of aromatic nitrogens is 3. The van der Waals surface area contributed by atoms with Crippen LogP contribution in [0.5, 0.6) is 0 Å². The third-order valence-corrected chi connectivity index (χ3v) is 3.14. The monoisotopic (exact) mass is 252 g/mol. The first-order valence-corrected chi connectivity index (χ1v) is 6.33. The fourth-order valence-electron chi connectivity index (χ4n) is 2.02. The molecule has 4 nitrogen and oxygen atoms in total. The molecule has 0 amide bonds. The molecule has 0 saturated carbocycles. The van der Waals surface area contributed by atoms with E-state index >= 15 is 0 Å². The van der Waals surface area contributed by atoms with Crippen LogP contribution in [-0.2, 0) is 6.54 Å². The molecule has 0 atom stereocenters. The number of nitrogens with zero attached hydrogens (tertiary/aromatic N) is 3. The Kier molecular flexibility index (Phi) is 2.91. The van der Waals surface area contributed by atoms with E-state index in [1.165, 1.54) is 11.1 Å². The highest BCUT2D eigenvalue weighted by atomic mass is 15.3. The quantitative estimate of drug-likeness (QED) is 0.779. The molecule has 1 aromatic carbocycles. The van der Waals surface area contributed by atoms with Crippen LogP contribution in [0, 0.1) is 13.8 Å². The lowest BCUT2D eigenvalue weighted by Crippen LogP contribution is -2.04. The van der Waals surface area contributed by atoms with E-state index in [9.17, 15) is 0 Å². The molecule has 0 aliphatic rings. The summed E-state index contributed by atoms with van der Waals surface area (Å²) >= 11 is 0. The number of rotatable bonds is 3. The van der Waals surface area contributed by atoms with Crippen LogP contribution < -0.4 is 5.32 Å². The summed E-state index contributed by atoms with van der Waals surface area (Å²) in [6.07, 6.45) is 2.01. The van der Waals surface area contributed by atoms with E-state index in [4.69, 9.17) is 0 Å². The van der Waals surface area contributed by atoms with Crippen molar-refractivity contribution in [2.24, 2.45) is 0 Å². The van der Waals surface area contributed by atoms with Crippen molar-refractivity contribution in [1.82, 2.24) is 14.6 Å². The Hall–Kier alpha value is -2.36. The maximum Gasteiger partial charge on any atom is 0.161 e. The second kappa shape index (κ2) is 4.72. The Bertz CT molecular complexity index is 698. The van der Waals surface area contributed by atoms with Crippen LogP contribution in [0.3, 0.4) is 0 Å². The van der Waals surface area contributed by atoms with Crippen LogP contribution in [0.2, 0.25) is 0 Å². The molecule has 0 unspecified atom stereocenters. The summed E-state index contributed by atoms with van der Waals surface area (Å²) in [6, 6.07) is 12.4. The second-order valence-electron chi connectivity index (χ2n) is 4.77. The topological polar surface area (TPSA) is 42.2 Å². The zero-order chi connectivity index (χ0) is 13.2. The van der Waals surface area contributed by atoms with Gasteiger partial charge >= 0.3 is 0 Å². The van der Waals surface area contributed by atoms with E-state index in [0.717, 1.165) is 17.2 Å². The molecule has 0 fully saturated rings. The van der Waals surface area contributed by atoms with Crippen molar-refractivity contribution >= 4 is 11.3 Å². The summed E-state index contributed by atoms with van der Waals surface area (Å²) in [4.78, 5) is 0. The lowest BCUT2D eigenvalue weighted by atomic mass is 10.2. The molecule has 4 heteroatoms. The molecular formula is C15H16N4. The molecule has 2 heterocycles. The smallest absolute Gasteiger partial charge is 0.161 e. The van der Waals surface area contributed by atoms with Gasteiger partial charge in [-0.1, -0.05) is 17.7 Å². The molecule has 0 spiro atoms. The van der Waals surface area contributed by atoms with Gasteiger partial charge in [-0.3, -0.25) is 4.40 Å². The summed E-state index contributed by atoms with van der Waals surface area (Å²) < 4.78 is 2.01. The molecule has 0 bridgehead atoms. The van der Waals surface area contributed by atoms with Crippen molar-refractivity contribution in [2.75, 3.05) is 5.32 Å². The van der Waals surface area contributed by atoms with Gasteiger partial charge in [0, 0.05) is 11.9 Å². The summed E-state index contributed by atoms with van der Waals surface area (Å²) in [7, 11) is 0. The van der Waals surface area contributed by atoms with Crippen molar-refractivity contribution in [1.29, 1.82) is 0 Å². The Morgan fingerprint density at radius 1 is 1.00 bits per heavy atom. The number of pyridine rings is 1. The van der Waals surface area contributed by atoms with Gasteiger partial charge in [0.15, 0.2) is 11.5 Å². The van der Waals surface area contributed by atoms with Gasteiger partial charge in [-0.25, -0.2) is 0 Å². The van der Waals surface area contributed by atoms with E-state index in [0.29, 0.717) is 6.54 Å². The van der Waals surface area contributed by atoms with Crippen LogP contribution in [0.25, 0.3) is 5.65 Å². The van der Waals surface area contributed by atoms with Crippen LogP contribution in [0.15, 0.2) is 42.6 Å². The lowest BCUT2D eigenvalue weighted by Gasteiger charge is -2.05. The van der Waals surface area contributed by atoms with Crippen molar-refractivity contribution in [3.05, 3.63) is 59.5 Å². The standard InChI is InChI=1S/C15H16N4/c1-11-3-5-13(6-4-11)16-10-15-18-17-14-9-12(2)7-8-19(14)15/h3-9,16H,10H2,1-2H3. The van der Waals surface area contributed by atoms with Crippen molar-refractivity contribution in [2.45, 2.75) is 20.4 Å². The van der Waals surface area contributed by atoms with Gasteiger partial charge in [-0.05, 0) is 43.7 Å². The van der Waals surface area contributed by atoms with Crippen LogP contribution in [0.1, 0.15) is 17.0 Å². The third kappa shape index (κ3) is 2.42. The molecule has 0 aliphatic carbocycles. The minimum Gasteiger partial charge on any atom is -0.378 e. The Labute approximate surface area is 112 Å². The number of anilines is 1. The highest BCUT2D eigenvalue weighted by Gasteiger charge is 2.04. The second-order valence-corrected chi connectivity index (χ2v) is 4.77. The fourth-order valence-corrected chi connectivity index (χ4v) is 2.02. The fraction of sp³-hybridized carbons (Fsp3) is 0.200. The van der Waals surface area contributed by atoms with E-state index in [1.807, 2.05) is 16.7 Å². The minimum absolute atomic E-state index is 0.660. The number of hydrogen-bond acceptors (Lipinski definition) is 3. The van der Waals surface area contributed by atoms with Gasteiger partial charge < -0.3 is 5.32 Å². The largest absolute Gasteiger partial charge is 0.378 e. The van der Waals surface area contributed by atoms with E-state index in [-0.39, 0.29) is 0 Å². The van der Waals surface area contributed by atoms with Crippen LogP contribution in [-0.4, -0.2) is 14.6 Å². The number of benzene rings is 1. The van der Waals surface area contributed by atoms with E-state index < -0.39 is 0 Å². The van der Waals surface area contributed by atoms with Gasteiger partial charge in [-0.15, -0.1) is 10.2 Å². The van der Waals surface area contributed by atoms with Crippen LogP contribution >= 0.6 is 0 Å². The first kappa shape index (κ1) is 11.7. The molecule has 0 aliphatic heterocycles. The van der Waals surface area contributed by atoms with E-state index in [1.54, 1.807) is 0 Å². The highest BCUT2D eigenvalue weighted by molar-refractivity contribution is 5.45. The molecule has 3 rings (SSSR count). The molecule has 1 N–H and O–H groups in total. The Balaban J connectivity index is 1.80. The molecule has 2 aromatic heterocycles. The number of fused-ring (bicyclic) bond motifs is 1. The van der Waals surface area contributed by atoms with Gasteiger partial charge in [0.05, 0.1) is 6.54 Å². The maximum absolute atomic E-state index is 4.22. The molecule has 19 heavy (non-hydrogen) atoms. The predicted molar refractivity (Wildman–Crippen MR) is 76.2 cm³/mol. The average Bonchev–Trinajstić information content (AvgIpc) is 2.80. The van der Waals surface area contributed by atoms with Gasteiger partial charge in [0.25, 0.3) is 0 Å². The third-order valence-electron chi connectivity index (χ3n) is 3.14. The Morgan fingerprint density at radius 2 is 1.79 bits per heavy atom. The first-order valence-electron chi connectivity index (χ1n) is 6.33. The predicted octanol–water partition coefficient (Wildman–Crippen LogP) is 2.96. The van der Waals surface area contributed by atoms with Crippen molar-refractivity contribution in [3.63, 3.8) is 0 Å². The minimum atomic E-state index is 0.660. The van der Waals surface area contributed by atoms with E-state index in [2.05, 4.69) is 59.7 Å². The number of aryl methyl sites for hydroxylation is 2. The number of hydrogen-bond donors (Lipinski definition) is 1. The van der Waals surface area contributed by atoms with Crippen molar-refractivity contribution < 1.29 is 0 Å². The zero-order valence-electron chi connectivity index (χ0n) is 11.1. The molecule has 0 saturated heterocycles. The number of nitrogens with one attached hydrogen (secondary N) is 1. The van der Waals surface area contributed by atoms with Gasteiger partial charge in [0.2, 0.25) is 0 Å². The summed E-state index contributed by atoms with van der Waals surface area (Å²) in [6.45, 7) is 4.80. The Morgan fingerprint density at radius 3 is 2.58 bits per heavy atom. The highest BCUT2D eigenvalue weighted by Crippen LogP contribution is 2.11. The lowest BCUT2D eigenvalue weighted by molar-refractivity contribution is 0.917. The average molecular weight is 252 g/mol. The molecule has 3 aromatic rings. The summed E-state index contributed by atoms with van der Waals surface area (Å²) in [5.41, 5.74) is 4.43. The van der Waals surface area contributed by atoms with Gasteiger partial charge in [0.1, 0.15) is 0 Å². The zero-order valence-corrected chi connectivity index (χ0v) is 11.1.